The molecule has 0 radical (unpaired) electrons. The van der Waals surface area contributed by atoms with E-state index in [1.807, 2.05) is 42.2 Å². The van der Waals surface area contributed by atoms with Crippen LogP contribution in [0.5, 0.6) is 5.75 Å². The average molecular weight is 490 g/mol. The highest BCUT2D eigenvalue weighted by atomic mass is 32.2. The molecule has 2 aliphatic heterocycles. The van der Waals surface area contributed by atoms with Crippen LogP contribution in [0.1, 0.15) is 16.7 Å². The third-order valence-electron chi connectivity index (χ3n) is 6.56. The van der Waals surface area contributed by atoms with Crippen molar-refractivity contribution in [2.45, 2.75) is 25.8 Å². The molecule has 8 heteroatoms. The third-order valence-corrected chi connectivity index (χ3v) is 7.46. The van der Waals surface area contributed by atoms with Gasteiger partial charge in [-0.15, -0.1) is 10.2 Å². The van der Waals surface area contributed by atoms with Crippen molar-refractivity contribution in [3.8, 4) is 5.75 Å². The monoisotopic (exact) mass is 489 g/mol. The van der Waals surface area contributed by atoms with Gasteiger partial charge in [0, 0.05) is 31.9 Å². The summed E-state index contributed by atoms with van der Waals surface area (Å²) in [5, 5.41) is 9.61. The Morgan fingerprint density at radius 3 is 2.31 bits per heavy atom. The molecule has 0 unspecified atom stereocenters. The molecule has 35 heavy (non-hydrogen) atoms. The van der Waals surface area contributed by atoms with Crippen molar-refractivity contribution in [2.24, 2.45) is 0 Å². The van der Waals surface area contributed by atoms with Crippen molar-refractivity contribution in [1.29, 1.82) is 0 Å². The highest BCUT2D eigenvalue weighted by Gasteiger charge is 2.24. The van der Waals surface area contributed by atoms with Crippen molar-refractivity contribution in [3.05, 3.63) is 65.2 Å². The Morgan fingerprint density at radius 2 is 1.57 bits per heavy atom. The lowest BCUT2D eigenvalue weighted by Crippen LogP contribution is -2.47. The number of rotatable bonds is 5. The van der Waals surface area contributed by atoms with Crippen molar-refractivity contribution in [2.75, 3.05) is 59.8 Å². The first-order valence-corrected chi connectivity index (χ1v) is 13.0. The lowest BCUT2D eigenvalue weighted by Gasteiger charge is -2.37. The number of piperazine rings is 1. The largest absolute Gasteiger partial charge is 0.490 e. The molecule has 1 saturated heterocycles. The first-order valence-electron chi connectivity index (χ1n) is 12.1. The van der Waals surface area contributed by atoms with E-state index in [9.17, 15) is 4.79 Å². The van der Waals surface area contributed by atoms with Gasteiger partial charge in [-0.25, -0.2) is 0 Å². The Labute approximate surface area is 211 Å². The SMILES string of the molecule is Cc1ccc(C)c(N2CCN(c3ccc(SCC(=O)N4CCOc5ccc(C)cc54)nn3)CC2)c1. The zero-order chi connectivity index (χ0) is 24.4. The Kier molecular flexibility index (Phi) is 6.81. The molecule has 0 spiro atoms. The molecule has 0 atom stereocenters. The van der Waals surface area contributed by atoms with Gasteiger partial charge < -0.3 is 19.4 Å². The zero-order valence-electron chi connectivity index (χ0n) is 20.5. The number of aromatic nitrogens is 2. The van der Waals surface area contributed by atoms with Crippen LogP contribution in [0.4, 0.5) is 17.2 Å². The maximum Gasteiger partial charge on any atom is 0.237 e. The Bertz CT molecular complexity index is 1210. The second-order valence-corrected chi connectivity index (χ2v) is 10.1. The summed E-state index contributed by atoms with van der Waals surface area (Å²) in [6.45, 7) is 11.1. The molecule has 1 fully saturated rings. The minimum atomic E-state index is 0.0543. The number of amides is 1. The number of anilines is 3. The number of fused-ring (bicyclic) bond motifs is 1. The number of carbonyl (C=O) groups is 1. The van der Waals surface area contributed by atoms with Crippen molar-refractivity contribution >= 4 is 34.9 Å². The van der Waals surface area contributed by atoms with Gasteiger partial charge in [-0.3, -0.25) is 4.79 Å². The van der Waals surface area contributed by atoms with Crippen LogP contribution in [-0.2, 0) is 4.79 Å². The number of aryl methyl sites for hydroxylation is 3. The summed E-state index contributed by atoms with van der Waals surface area (Å²) in [5.41, 5.74) is 5.89. The van der Waals surface area contributed by atoms with Gasteiger partial charge in [0.2, 0.25) is 5.91 Å². The molecular formula is C27H31N5O2S. The second kappa shape index (κ2) is 10.2. The standard InChI is InChI=1S/C27H31N5O2S/c1-19-4-6-21(3)22(16-19)30-10-12-31(13-11-30)25-8-9-26(29-28-25)35-18-27(33)32-14-15-34-24-7-5-20(2)17-23(24)32/h4-9,16-17H,10-15,18H2,1-3H3. The normalized spacial score (nSPS) is 15.6. The fraction of sp³-hybridized carbons (Fsp3) is 0.370. The molecule has 0 aliphatic carbocycles. The van der Waals surface area contributed by atoms with Gasteiger partial charge in [0.1, 0.15) is 17.4 Å². The maximum atomic E-state index is 12.9. The predicted molar refractivity (Wildman–Crippen MR) is 142 cm³/mol. The molecule has 1 aromatic heterocycles. The highest BCUT2D eigenvalue weighted by molar-refractivity contribution is 7.99. The maximum absolute atomic E-state index is 12.9. The van der Waals surface area contributed by atoms with Crippen LogP contribution in [0.25, 0.3) is 0 Å². The van der Waals surface area contributed by atoms with Crippen molar-refractivity contribution in [3.63, 3.8) is 0 Å². The van der Waals surface area contributed by atoms with E-state index < -0.39 is 0 Å². The van der Waals surface area contributed by atoms with Crippen molar-refractivity contribution in [1.82, 2.24) is 10.2 Å². The van der Waals surface area contributed by atoms with Crippen LogP contribution in [0.3, 0.4) is 0 Å². The van der Waals surface area contributed by atoms with Gasteiger partial charge in [-0.05, 0) is 67.8 Å². The van der Waals surface area contributed by atoms with E-state index in [-0.39, 0.29) is 5.91 Å². The molecule has 1 amide bonds. The first kappa shape index (κ1) is 23.5. The number of ether oxygens (including phenoxy) is 1. The van der Waals surface area contributed by atoms with Gasteiger partial charge in [-0.1, -0.05) is 30.0 Å². The summed E-state index contributed by atoms with van der Waals surface area (Å²) in [4.78, 5) is 19.5. The lowest BCUT2D eigenvalue weighted by molar-refractivity contribution is -0.116. The summed E-state index contributed by atoms with van der Waals surface area (Å²) < 4.78 is 5.70. The number of hydrogen-bond donors (Lipinski definition) is 0. The van der Waals surface area contributed by atoms with E-state index in [0.717, 1.165) is 54.0 Å². The molecule has 2 aliphatic rings. The fourth-order valence-electron chi connectivity index (χ4n) is 4.60. The molecule has 3 heterocycles. The molecule has 182 valence electrons. The van der Waals surface area contributed by atoms with Crippen LogP contribution < -0.4 is 19.4 Å². The Morgan fingerprint density at radius 1 is 0.857 bits per heavy atom. The van der Waals surface area contributed by atoms with Gasteiger partial charge in [-0.2, -0.15) is 0 Å². The molecule has 7 nitrogen and oxygen atoms in total. The highest BCUT2D eigenvalue weighted by Crippen LogP contribution is 2.33. The third kappa shape index (κ3) is 5.22. The molecule has 0 bridgehead atoms. The van der Waals surface area contributed by atoms with E-state index in [0.29, 0.717) is 18.9 Å². The number of nitrogens with zero attached hydrogens (tertiary/aromatic N) is 5. The fourth-order valence-corrected chi connectivity index (χ4v) is 5.29. The average Bonchev–Trinajstić information content (AvgIpc) is 2.89. The Hall–Kier alpha value is -3.26. The van der Waals surface area contributed by atoms with Crippen LogP contribution in [-0.4, -0.2) is 61.2 Å². The molecular weight excluding hydrogens is 458 g/mol. The molecule has 0 N–H and O–H groups in total. The summed E-state index contributed by atoms with van der Waals surface area (Å²) >= 11 is 1.42. The summed E-state index contributed by atoms with van der Waals surface area (Å²) in [6, 6.07) is 16.6. The van der Waals surface area contributed by atoms with Crippen LogP contribution >= 0.6 is 11.8 Å². The summed E-state index contributed by atoms with van der Waals surface area (Å²) in [7, 11) is 0. The number of hydrogen-bond acceptors (Lipinski definition) is 7. The van der Waals surface area contributed by atoms with Gasteiger partial charge >= 0.3 is 0 Å². The summed E-state index contributed by atoms with van der Waals surface area (Å²) in [5.74, 6) is 2.02. The second-order valence-electron chi connectivity index (χ2n) is 9.15. The van der Waals surface area contributed by atoms with Crippen molar-refractivity contribution < 1.29 is 9.53 Å². The minimum absolute atomic E-state index is 0.0543. The van der Waals surface area contributed by atoms with Gasteiger partial charge in [0.25, 0.3) is 0 Å². The van der Waals surface area contributed by atoms with E-state index in [1.165, 1.54) is 28.6 Å². The topological polar surface area (TPSA) is 61.8 Å². The van der Waals surface area contributed by atoms with Gasteiger partial charge in [0.05, 0.1) is 18.0 Å². The molecule has 5 rings (SSSR count). The molecule has 0 saturated carbocycles. The summed E-state index contributed by atoms with van der Waals surface area (Å²) in [6.07, 6.45) is 0. The van der Waals surface area contributed by atoms with Crippen LogP contribution in [0, 0.1) is 20.8 Å². The number of benzene rings is 2. The Balaban J connectivity index is 1.16. The van der Waals surface area contributed by atoms with Crippen LogP contribution in [0.15, 0.2) is 53.6 Å². The lowest BCUT2D eigenvalue weighted by atomic mass is 10.1. The van der Waals surface area contributed by atoms with E-state index >= 15 is 0 Å². The minimum Gasteiger partial charge on any atom is -0.490 e. The van der Waals surface area contributed by atoms with Crippen LogP contribution in [0.2, 0.25) is 0 Å². The molecule has 2 aromatic carbocycles. The van der Waals surface area contributed by atoms with E-state index in [2.05, 4.69) is 52.0 Å². The predicted octanol–water partition coefficient (Wildman–Crippen LogP) is 4.25. The van der Waals surface area contributed by atoms with E-state index in [4.69, 9.17) is 4.74 Å². The van der Waals surface area contributed by atoms with E-state index in [1.54, 1.807) is 0 Å². The smallest absolute Gasteiger partial charge is 0.237 e. The number of thioether (sulfide) groups is 1. The molecule has 3 aromatic rings. The van der Waals surface area contributed by atoms with Gasteiger partial charge in [0.15, 0.2) is 5.82 Å². The first-order chi connectivity index (χ1) is 17.0. The number of carbonyl (C=O) groups excluding carboxylic acids is 1. The quantitative estimate of drug-likeness (QED) is 0.497. The zero-order valence-corrected chi connectivity index (χ0v) is 21.3.